The zero-order valence-corrected chi connectivity index (χ0v) is 12.7. The molecule has 0 aliphatic heterocycles. The average molecular weight is 299 g/mol. The fourth-order valence-corrected chi connectivity index (χ4v) is 2.54. The summed E-state index contributed by atoms with van der Waals surface area (Å²) in [5.41, 5.74) is 3.71. The summed E-state index contributed by atoms with van der Waals surface area (Å²) in [6.07, 6.45) is 4.09. The summed E-state index contributed by atoms with van der Waals surface area (Å²) in [4.78, 5) is 34.2. The number of nitrogens with two attached hydrogens (primary N) is 1. The molecule has 0 saturated heterocycles. The first-order chi connectivity index (χ1) is 9.67. The zero-order valence-electron chi connectivity index (χ0n) is 12.7. The Morgan fingerprint density at radius 3 is 2.24 bits per heavy atom. The maximum Gasteiger partial charge on any atom is 0.315 e. The predicted molar refractivity (Wildman–Crippen MR) is 77.6 cm³/mol. The molecule has 7 heteroatoms. The number of rotatable bonds is 6. The van der Waals surface area contributed by atoms with E-state index in [1.165, 1.54) is 0 Å². The van der Waals surface area contributed by atoms with E-state index in [4.69, 9.17) is 10.8 Å². The average Bonchev–Trinajstić information content (AvgIpc) is 2.36. The van der Waals surface area contributed by atoms with Crippen LogP contribution in [0.2, 0.25) is 0 Å². The van der Waals surface area contributed by atoms with Gasteiger partial charge in [0.25, 0.3) is 0 Å². The summed E-state index contributed by atoms with van der Waals surface area (Å²) in [6.45, 7) is 3.39. The van der Waals surface area contributed by atoms with Crippen LogP contribution < -0.4 is 16.4 Å². The van der Waals surface area contributed by atoms with E-state index >= 15 is 0 Å². The molecule has 1 fully saturated rings. The normalized spacial score (nSPS) is 17.8. The van der Waals surface area contributed by atoms with Gasteiger partial charge >= 0.3 is 12.0 Å². The number of carbonyl (C=O) groups excluding carboxylic acids is 2. The molecule has 1 rings (SSSR count). The smallest absolute Gasteiger partial charge is 0.315 e. The number of primary amides is 1. The Morgan fingerprint density at radius 1 is 1.19 bits per heavy atom. The predicted octanol–water partition coefficient (Wildman–Crippen LogP) is 0.975. The molecule has 0 heterocycles. The van der Waals surface area contributed by atoms with Crippen molar-refractivity contribution in [2.24, 2.45) is 11.1 Å². The van der Waals surface area contributed by atoms with Crippen molar-refractivity contribution in [1.29, 1.82) is 0 Å². The maximum atomic E-state index is 12.0. The number of hydrogen-bond donors (Lipinski definition) is 4. The number of carboxylic acids is 1. The van der Waals surface area contributed by atoms with Gasteiger partial charge in [0.2, 0.25) is 5.91 Å². The summed E-state index contributed by atoms with van der Waals surface area (Å²) in [5.74, 6) is -1.42. The SMILES string of the molecule is CC(C)(CNC(=O)NC1(CC(=O)O)CCCCC1)C(N)=O. The highest BCUT2D eigenvalue weighted by molar-refractivity contribution is 5.82. The first-order valence-electron chi connectivity index (χ1n) is 7.25. The molecule has 0 unspecified atom stereocenters. The van der Waals surface area contributed by atoms with E-state index in [2.05, 4.69) is 10.6 Å². The first-order valence-corrected chi connectivity index (χ1v) is 7.25. The number of hydrogen-bond acceptors (Lipinski definition) is 3. The monoisotopic (exact) mass is 299 g/mol. The first kappa shape index (κ1) is 17.3. The number of urea groups is 1. The Balaban J connectivity index is 2.60. The topological polar surface area (TPSA) is 122 Å². The molecule has 1 aliphatic carbocycles. The fraction of sp³-hybridized carbons (Fsp3) is 0.786. The second kappa shape index (κ2) is 6.78. The van der Waals surface area contributed by atoms with Gasteiger partial charge < -0.3 is 21.5 Å². The molecule has 0 atom stereocenters. The largest absolute Gasteiger partial charge is 0.481 e. The van der Waals surface area contributed by atoms with Crippen molar-refractivity contribution in [3.05, 3.63) is 0 Å². The van der Waals surface area contributed by atoms with E-state index < -0.39 is 28.9 Å². The molecule has 0 bridgehead atoms. The second-order valence-corrected chi connectivity index (χ2v) is 6.47. The molecular formula is C14H25N3O4. The molecule has 3 amide bonds. The van der Waals surface area contributed by atoms with Gasteiger partial charge in [0.1, 0.15) is 0 Å². The van der Waals surface area contributed by atoms with Gasteiger partial charge in [0.15, 0.2) is 0 Å². The van der Waals surface area contributed by atoms with Gasteiger partial charge in [-0.3, -0.25) is 9.59 Å². The summed E-state index contributed by atoms with van der Waals surface area (Å²) >= 11 is 0. The highest BCUT2D eigenvalue weighted by Crippen LogP contribution is 2.31. The van der Waals surface area contributed by atoms with E-state index in [0.29, 0.717) is 12.8 Å². The summed E-state index contributed by atoms with van der Waals surface area (Å²) in [5, 5.41) is 14.4. The van der Waals surface area contributed by atoms with Gasteiger partial charge in [-0.15, -0.1) is 0 Å². The number of carbonyl (C=O) groups is 3. The van der Waals surface area contributed by atoms with Crippen LogP contribution in [0.1, 0.15) is 52.4 Å². The molecule has 5 N–H and O–H groups in total. The molecule has 1 aliphatic rings. The van der Waals surface area contributed by atoms with Gasteiger partial charge in [0, 0.05) is 6.54 Å². The Kier molecular flexibility index (Phi) is 5.57. The molecule has 7 nitrogen and oxygen atoms in total. The van der Waals surface area contributed by atoms with Crippen molar-refractivity contribution < 1.29 is 19.5 Å². The summed E-state index contributed by atoms with van der Waals surface area (Å²) in [7, 11) is 0. The molecule has 1 saturated carbocycles. The van der Waals surface area contributed by atoms with Gasteiger partial charge in [-0.2, -0.15) is 0 Å². The third-order valence-corrected chi connectivity index (χ3v) is 4.04. The van der Waals surface area contributed by atoms with E-state index in [1.807, 2.05) is 0 Å². The van der Waals surface area contributed by atoms with Crippen molar-refractivity contribution >= 4 is 17.9 Å². The van der Waals surface area contributed by atoms with Crippen LogP contribution in [0, 0.1) is 5.41 Å². The Bertz CT molecular complexity index is 414. The quantitative estimate of drug-likeness (QED) is 0.584. The van der Waals surface area contributed by atoms with E-state index in [0.717, 1.165) is 19.3 Å². The molecule has 0 aromatic rings. The van der Waals surface area contributed by atoms with E-state index in [9.17, 15) is 14.4 Å². The molecule has 120 valence electrons. The molecular weight excluding hydrogens is 274 g/mol. The fourth-order valence-electron chi connectivity index (χ4n) is 2.54. The van der Waals surface area contributed by atoms with Crippen molar-refractivity contribution in [2.45, 2.75) is 57.9 Å². The lowest BCUT2D eigenvalue weighted by atomic mass is 9.79. The number of amides is 3. The van der Waals surface area contributed by atoms with Crippen LogP contribution in [0.3, 0.4) is 0 Å². The highest BCUT2D eigenvalue weighted by atomic mass is 16.4. The van der Waals surface area contributed by atoms with Gasteiger partial charge in [-0.05, 0) is 26.7 Å². The third kappa shape index (κ3) is 5.24. The molecule has 0 aromatic heterocycles. The highest BCUT2D eigenvalue weighted by Gasteiger charge is 2.36. The van der Waals surface area contributed by atoms with Crippen molar-refractivity contribution in [3.63, 3.8) is 0 Å². The van der Waals surface area contributed by atoms with Crippen molar-refractivity contribution in [1.82, 2.24) is 10.6 Å². The Labute approximate surface area is 124 Å². The van der Waals surface area contributed by atoms with Crippen LogP contribution in [0.15, 0.2) is 0 Å². The minimum Gasteiger partial charge on any atom is -0.481 e. The van der Waals surface area contributed by atoms with Crippen molar-refractivity contribution in [2.75, 3.05) is 6.54 Å². The van der Waals surface area contributed by atoms with Gasteiger partial charge in [0.05, 0.1) is 17.4 Å². The van der Waals surface area contributed by atoms with Crippen LogP contribution in [0.25, 0.3) is 0 Å². The lowest BCUT2D eigenvalue weighted by molar-refractivity contribution is -0.139. The van der Waals surface area contributed by atoms with Gasteiger partial charge in [-0.25, -0.2) is 4.79 Å². The molecule has 0 radical (unpaired) electrons. The molecule has 0 spiro atoms. The second-order valence-electron chi connectivity index (χ2n) is 6.47. The summed E-state index contributed by atoms with van der Waals surface area (Å²) in [6, 6.07) is -0.451. The minimum absolute atomic E-state index is 0.0837. The molecule has 0 aromatic carbocycles. The lowest BCUT2D eigenvalue weighted by Gasteiger charge is -2.37. The molecule has 21 heavy (non-hydrogen) atoms. The van der Waals surface area contributed by atoms with Gasteiger partial charge in [-0.1, -0.05) is 19.3 Å². The maximum absolute atomic E-state index is 12.0. The van der Waals surface area contributed by atoms with Crippen LogP contribution in [-0.4, -0.2) is 35.1 Å². The number of nitrogens with one attached hydrogen (secondary N) is 2. The Hall–Kier alpha value is -1.79. The Morgan fingerprint density at radius 2 is 1.76 bits per heavy atom. The van der Waals surface area contributed by atoms with Crippen LogP contribution >= 0.6 is 0 Å². The summed E-state index contributed by atoms with van der Waals surface area (Å²) < 4.78 is 0. The third-order valence-electron chi connectivity index (χ3n) is 4.04. The minimum atomic E-state index is -0.922. The standard InChI is InChI=1S/C14H25N3O4/c1-13(2,11(15)20)9-16-12(21)17-14(8-10(18)19)6-4-3-5-7-14/h3-9H2,1-2H3,(H2,15,20)(H,18,19)(H2,16,17,21). The zero-order chi connectivity index (χ0) is 16.1. The van der Waals surface area contributed by atoms with E-state index in [1.54, 1.807) is 13.8 Å². The number of carboxylic acid groups (broad SMARTS) is 1. The number of aliphatic carboxylic acids is 1. The van der Waals surface area contributed by atoms with Crippen molar-refractivity contribution in [3.8, 4) is 0 Å². The lowest BCUT2D eigenvalue weighted by Crippen LogP contribution is -2.55. The van der Waals surface area contributed by atoms with E-state index in [-0.39, 0.29) is 13.0 Å². The van der Waals surface area contributed by atoms with Crippen LogP contribution in [0.4, 0.5) is 4.79 Å². The van der Waals surface area contributed by atoms with Crippen LogP contribution in [-0.2, 0) is 9.59 Å². The van der Waals surface area contributed by atoms with Crippen LogP contribution in [0.5, 0.6) is 0 Å².